The fraction of sp³-hybridized carbons (Fsp3) is 0.886. The highest BCUT2D eigenvalue weighted by Gasteiger charge is 2.19. The largest absolute Gasteiger partial charge is 0.756 e. The molecule has 11 heteroatoms. The number of esters is 1. The number of quaternary nitrogens is 1. The van der Waals surface area contributed by atoms with Gasteiger partial charge in [0.25, 0.3) is 7.82 Å². The summed E-state index contributed by atoms with van der Waals surface area (Å²) in [6.07, 6.45) is 34.5. The van der Waals surface area contributed by atoms with Gasteiger partial charge in [0.2, 0.25) is 0 Å². The molecule has 0 radical (unpaired) electrons. The average molecular weight is 804 g/mol. The SMILES string of the molecule is CCCCC/C=C\C[C@@H](O)[C@H](O)CCCCCCCC(=O)OC[C@H](COP(=O)([O-])OCC[N+](C)(C)C)O/C=C/CCCCCCCCCCCCCCCC. The molecule has 0 rings (SSSR count). The molecule has 0 aliphatic rings. The van der Waals surface area contributed by atoms with Crippen molar-refractivity contribution in [3.8, 4) is 0 Å². The Bertz CT molecular complexity index is 971. The van der Waals surface area contributed by atoms with Crippen molar-refractivity contribution in [3.63, 3.8) is 0 Å². The third-order valence-electron chi connectivity index (χ3n) is 9.80. The van der Waals surface area contributed by atoms with Gasteiger partial charge in [-0.3, -0.25) is 9.36 Å². The van der Waals surface area contributed by atoms with Crippen LogP contribution in [-0.2, 0) is 27.9 Å². The number of phosphoric ester groups is 1. The van der Waals surface area contributed by atoms with Gasteiger partial charge >= 0.3 is 5.97 Å². The summed E-state index contributed by atoms with van der Waals surface area (Å²) in [7, 11) is 1.28. The van der Waals surface area contributed by atoms with E-state index in [0.29, 0.717) is 30.3 Å². The van der Waals surface area contributed by atoms with Gasteiger partial charge in [0, 0.05) is 6.42 Å². The van der Waals surface area contributed by atoms with Crippen molar-refractivity contribution in [3.05, 3.63) is 24.5 Å². The van der Waals surface area contributed by atoms with Crippen LogP contribution in [0, 0.1) is 0 Å². The lowest BCUT2D eigenvalue weighted by Gasteiger charge is -2.28. The number of ether oxygens (including phenoxy) is 2. The summed E-state index contributed by atoms with van der Waals surface area (Å²) in [5.74, 6) is -0.370. The van der Waals surface area contributed by atoms with Crippen LogP contribution in [0.5, 0.6) is 0 Å². The molecule has 0 aliphatic carbocycles. The first kappa shape index (κ1) is 53.7. The van der Waals surface area contributed by atoms with E-state index in [9.17, 15) is 24.5 Å². The highest BCUT2D eigenvalue weighted by Crippen LogP contribution is 2.38. The third-order valence-corrected chi connectivity index (χ3v) is 10.8. The number of rotatable bonds is 41. The quantitative estimate of drug-likeness (QED) is 0.0155. The van der Waals surface area contributed by atoms with E-state index < -0.39 is 26.1 Å². The molecule has 0 saturated heterocycles. The number of aliphatic hydroxyl groups excluding tert-OH is 2. The van der Waals surface area contributed by atoms with Crippen LogP contribution in [0.4, 0.5) is 0 Å². The molecule has 4 atom stereocenters. The molecular formula is C44H86NO9P. The van der Waals surface area contributed by atoms with Crippen LogP contribution in [0.2, 0.25) is 0 Å². The van der Waals surface area contributed by atoms with E-state index in [4.69, 9.17) is 18.5 Å². The van der Waals surface area contributed by atoms with Gasteiger partial charge in [-0.25, -0.2) is 0 Å². The molecule has 55 heavy (non-hydrogen) atoms. The number of unbranched alkanes of at least 4 members (excludes halogenated alkanes) is 21. The summed E-state index contributed by atoms with van der Waals surface area (Å²) in [6.45, 7) is 4.49. The maximum atomic E-state index is 12.5. The Hall–Kier alpha value is -1.26. The van der Waals surface area contributed by atoms with Gasteiger partial charge in [-0.15, -0.1) is 0 Å². The molecule has 0 aromatic rings. The number of phosphoric acid groups is 1. The van der Waals surface area contributed by atoms with Crippen LogP contribution >= 0.6 is 7.82 Å². The van der Waals surface area contributed by atoms with Crippen LogP contribution < -0.4 is 4.89 Å². The first-order chi connectivity index (χ1) is 26.4. The summed E-state index contributed by atoms with van der Waals surface area (Å²) < 4.78 is 34.3. The molecule has 0 aliphatic heterocycles. The number of carbonyl (C=O) groups excluding carboxylic acids is 1. The predicted molar refractivity (Wildman–Crippen MR) is 225 cm³/mol. The Labute approximate surface area is 338 Å². The zero-order valence-electron chi connectivity index (χ0n) is 36.1. The summed E-state index contributed by atoms with van der Waals surface area (Å²) in [4.78, 5) is 24.8. The van der Waals surface area contributed by atoms with E-state index in [1.54, 1.807) is 6.26 Å². The number of likely N-dealkylation sites (N-methyl/N-ethyl adjacent to an activating group) is 1. The molecule has 0 fully saturated rings. The maximum Gasteiger partial charge on any atom is 0.305 e. The van der Waals surface area contributed by atoms with Gasteiger partial charge in [-0.05, 0) is 51.0 Å². The molecule has 1 unspecified atom stereocenters. The van der Waals surface area contributed by atoms with Gasteiger partial charge in [0.05, 0.1) is 46.2 Å². The van der Waals surface area contributed by atoms with Crippen LogP contribution in [0.1, 0.15) is 187 Å². The van der Waals surface area contributed by atoms with Crippen LogP contribution in [-0.4, -0.2) is 86.5 Å². The first-order valence-corrected chi connectivity index (χ1v) is 23.7. The van der Waals surface area contributed by atoms with Gasteiger partial charge < -0.3 is 38.1 Å². The van der Waals surface area contributed by atoms with E-state index in [1.807, 2.05) is 33.3 Å². The van der Waals surface area contributed by atoms with Gasteiger partial charge in [-0.1, -0.05) is 148 Å². The Balaban J connectivity index is 4.38. The minimum Gasteiger partial charge on any atom is -0.756 e. The minimum atomic E-state index is -4.55. The van der Waals surface area contributed by atoms with Crippen molar-refractivity contribution in [2.45, 2.75) is 206 Å². The summed E-state index contributed by atoms with van der Waals surface area (Å²) >= 11 is 0. The molecule has 0 aromatic carbocycles. The second kappa shape index (κ2) is 37.0. The van der Waals surface area contributed by atoms with E-state index in [1.165, 1.54) is 89.9 Å². The third kappa shape index (κ3) is 39.4. The molecule has 0 aromatic heterocycles. The summed E-state index contributed by atoms with van der Waals surface area (Å²) in [5.41, 5.74) is 0. The molecule has 0 amide bonds. The van der Waals surface area contributed by atoms with E-state index in [0.717, 1.165) is 57.8 Å². The number of allylic oxidation sites excluding steroid dienone is 2. The lowest BCUT2D eigenvalue weighted by Crippen LogP contribution is -2.37. The van der Waals surface area contributed by atoms with E-state index in [2.05, 4.69) is 19.9 Å². The van der Waals surface area contributed by atoms with Gasteiger partial charge in [0.15, 0.2) is 6.10 Å². The fourth-order valence-electron chi connectivity index (χ4n) is 6.08. The number of nitrogens with zero attached hydrogens (tertiary/aromatic N) is 1. The van der Waals surface area contributed by atoms with Crippen molar-refractivity contribution in [2.75, 3.05) is 47.5 Å². The standard InChI is InChI=1S/C44H86NO9P/c1-6-8-10-12-14-15-16-17-18-19-20-21-22-23-28-32-37-51-41(40-54-55(49,50)53-38-36-45(3,4)5)39-52-44(48)35-31-27-24-26-30-34-43(47)42(46)33-29-25-13-11-9-7-2/h25,29,32,37,41-43,46-47H,6-24,26-28,30-31,33-36,38-40H2,1-5H3/b29-25-,37-32+/t41-,42-,43-/m1/s1. The Morgan fingerprint density at radius 3 is 1.76 bits per heavy atom. The molecule has 0 spiro atoms. The molecule has 326 valence electrons. The molecule has 10 nitrogen and oxygen atoms in total. The second-order valence-corrected chi connectivity index (χ2v) is 17.8. The van der Waals surface area contributed by atoms with Crippen molar-refractivity contribution >= 4 is 13.8 Å². The fourth-order valence-corrected chi connectivity index (χ4v) is 6.81. The average Bonchev–Trinajstić information content (AvgIpc) is 3.13. The molecule has 0 heterocycles. The zero-order valence-corrected chi connectivity index (χ0v) is 37.0. The van der Waals surface area contributed by atoms with Crippen LogP contribution in [0.15, 0.2) is 24.5 Å². The predicted octanol–water partition coefficient (Wildman–Crippen LogP) is 10.5. The Kier molecular flexibility index (Phi) is 36.2. The molecule has 0 saturated carbocycles. The topological polar surface area (TPSA) is 135 Å². The van der Waals surface area contributed by atoms with Gasteiger partial charge in [0.1, 0.15) is 19.8 Å². The highest BCUT2D eigenvalue weighted by atomic mass is 31.2. The summed E-state index contributed by atoms with van der Waals surface area (Å²) in [6, 6.07) is 0. The molecular weight excluding hydrogens is 717 g/mol. The second-order valence-electron chi connectivity index (χ2n) is 16.4. The number of aliphatic hydroxyl groups is 2. The van der Waals surface area contributed by atoms with Crippen molar-refractivity contribution in [1.29, 1.82) is 0 Å². The first-order valence-electron chi connectivity index (χ1n) is 22.3. The van der Waals surface area contributed by atoms with E-state index in [-0.39, 0.29) is 32.2 Å². The number of hydrogen-bond acceptors (Lipinski definition) is 9. The lowest BCUT2D eigenvalue weighted by molar-refractivity contribution is -0.870. The maximum absolute atomic E-state index is 12.5. The number of carbonyl (C=O) groups is 1. The molecule has 0 bridgehead atoms. The smallest absolute Gasteiger partial charge is 0.305 e. The normalized spacial score (nSPS) is 15.1. The monoisotopic (exact) mass is 804 g/mol. The highest BCUT2D eigenvalue weighted by molar-refractivity contribution is 7.45. The minimum absolute atomic E-state index is 0.00324. The van der Waals surface area contributed by atoms with Crippen molar-refractivity contribution in [2.24, 2.45) is 0 Å². The van der Waals surface area contributed by atoms with Crippen LogP contribution in [0.3, 0.4) is 0 Å². The van der Waals surface area contributed by atoms with Gasteiger partial charge in [-0.2, -0.15) is 0 Å². The van der Waals surface area contributed by atoms with Crippen molar-refractivity contribution in [1.82, 2.24) is 0 Å². The lowest BCUT2D eigenvalue weighted by atomic mass is 10.0. The van der Waals surface area contributed by atoms with Crippen LogP contribution in [0.25, 0.3) is 0 Å². The Morgan fingerprint density at radius 1 is 0.655 bits per heavy atom. The summed E-state index contributed by atoms with van der Waals surface area (Å²) in [5, 5.41) is 20.4. The number of hydrogen-bond donors (Lipinski definition) is 2. The zero-order chi connectivity index (χ0) is 40.9. The molecule has 2 N–H and O–H groups in total. The Morgan fingerprint density at radius 2 is 1.16 bits per heavy atom. The van der Waals surface area contributed by atoms with E-state index >= 15 is 0 Å². The van der Waals surface area contributed by atoms with Crippen molar-refractivity contribution < 1.29 is 47.5 Å².